The topological polar surface area (TPSA) is 100.0 Å². The zero-order chi connectivity index (χ0) is 29.3. The van der Waals surface area contributed by atoms with Gasteiger partial charge in [0.25, 0.3) is 0 Å². The van der Waals surface area contributed by atoms with Crippen LogP contribution in [0.15, 0.2) is 42.6 Å². The molecule has 0 bridgehead atoms. The molecule has 2 aliphatic heterocycles. The second-order valence-electron chi connectivity index (χ2n) is 13.3. The maximum atomic E-state index is 14.5. The first kappa shape index (κ1) is 28.9. The largest absolute Gasteiger partial charge is 0.495 e. The second-order valence-corrected chi connectivity index (χ2v) is 15.5. The first-order chi connectivity index (χ1) is 18.5. The molecule has 3 aliphatic rings. The van der Waals surface area contributed by atoms with E-state index in [1.54, 1.807) is 30.2 Å². The summed E-state index contributed by atoms with van der Waals surface area (Å²) in [6.07, 6.45) is 9.39. The Morgan fingerprint density at radius 1 is 1.12 bits per heavy atom. The first-order valence-electron chi connectivity index (χ1n) is 13.9. The van der Waals surface area contributed by atoms with E-state index in [0.29, 0.717) is 42.7 Å². The van der Waals surface area contributed by atoms with Crippen molar-refractivity contribution >= 4 is 39.7 Å². The Bertz CT molecular complexity index is 1490. The molecule has 2 atom stereocenters. The smallest absolute Gasteiger partial charge is 0.444 e. The van der Waals surface area contributed by atoms with E-state index in [9.17, 15) is 13.2 Å². The predicted octanol–water partition coefficient (Wildman–Crippen LogP) is 4.51. The van der Waals surface area contributed by atoms with Crippen LogP contribution in [0.25, 0.3) is 11.0 Å². The predicted molar refractivity (Wildman–Crippen MR) is 156 cm³/mol. The van der Waals surface area contributed by atoms with Gasteiger partial charge < -0.3 is 18.9 Å². The summed E-state index contributed by atoms with van der Waals surface area (Å²) in [6.45, 7) is 16.0. The molecule has 2 aromatic rings. The number of pyridine rings is 1. The van der Waals surface area contributed by atoms with Crippen molar-refractivity contribution < 1.29 is 27.3 Å². The van der Waals surface area contributed by atoms with Crippen LogP contribution < -0.4 is 5.46 Å². The van der Waals surface area contributed by atoms with Gasteiger partial charge in [-0.2, -0.15) is 0 Å². The molecule has 1 aliphatic carbocycles. The van der Waals surface area contributed by atoms with Gasteiger partial charge in [-0.05, 0) is 85.8 Å². The molecule has 216 valence electrons. The fourth-order valence-electron chi connectivity index (χ4n) is 5.43. The summed E-state index contributed by atoms with van der Waals surface area (Å²) < 4.78 is 47.5. The minimum absolute atomic E-state index is 0.227. The molecule has 0 radical (unpaired) electrons. The zero-order valence-electron chi connectivity index (χ0n) is 24.7. The molecule has 0 aromatic carbocycles. The molecule has 11 heteroatoms. The van der Waals surface area contributed by atoms with Crippen LogP contribution >= 0.6 is 0 Å². The third kappa shape index (κ3) is 4.79. The lowest BCUT2D eigenvalue weighted by molar-refractivity contribution is 0.00578. The number of likely N-dealkylation sites (tertiary alicyclic amines) is 1. The first-order valence-corrected chi connectivity index (χ1v) is 15.3. The average molecular weight is 570 g/mol. The normalized spacial score (nSPS) is 26.1. The number of allylic oxidation sites excluding steroid dienone is 3. The number of ether oxygens (including phenoxy) is 1. The van der Waals surface area contributed by atoms with Crippen molar-refractivity contribution in [2.75, 3.05) is 13.1 Å². The Labute approximate surface area is 237 Å². The summed E-state index contributed by atoms with van der Waals surface area (Å²) in [5.74, 6) is -0.227. The lowest BCUT2D eigenvalue weighted by Crippen LogP contribution is -2.41. The van der Waals surface area contributed by atoms with Gasteiger partial charge in [0.2, 0.25) is 10.0 Å². The zero-order valence-corrected chi connectivity index (χ0v) is 25.5. The highest BCUT2D eigenvalue weighted by atomic mass is 32.2. The molecule has 4 heterocycles. The summed E-state index contributed by atoms with van der Waals surface area (Å²) in [5.41, 5.74) is -0.0770. The molecule has 0 N–H and O–H groups in total. The SMILES string of the molecule is CC(C)(C)OC(=O)N1CCC(c2cc3c(B4OC(C)(C)C(C)(C)O4)ccnc3n2S(=O)(=O)C2(C)C=CC=CC2)C1. The number of hydrogen-bond acceptors (Lipinski definition) is 7. The summed E-state index contributed by atoms with van der Waals surface area (Å²) >= 11 is 0. The number of fused-ring (bicyclic) bond motifs is 1. The van der Waals surface area contributed by atoms with Crippen molar-refractivity contribution in [2.45, 2.75) is 95.7 Å². The maximum absolute atomic E-state index is 14.5. The number of nitrogens with zero attached hydrogens (tertiary/aromatic N) is 3. The average Bonchev–Trinajstić information content (AvgIpc) is 3.52. The maximum Gasteiger partial charge on any atom is 0.495 e. The summed E-state index contributed by atoms with van der Waals surface area (Å²) in [7, 11) is -4.65. The molecule has 5 rings (SSSR count). The van der Waals surface area contributed by atoms with Crippen molar-refractivity contribution in [1.29, 1.82) is 0 Å². The molecule has 2 aromatic heterocycles. The van der Waals surface area contributed by atoms with E-state index in [1.165, 1.54) is 3.97 Å². The highest BCUT2D eigenvalue weighted by Gasteiger charge is 2.52. The van der Waals surface area contributed by atoms with Crippen LogP contribution in [-0.2, 0) is 24.1 Å². The molecule has 2 fully saturated rings. The van der Waals surface area contributed by atoms with E-state index in [0.717, 1.165) is 5.46 Å². The van der Waals surface area contributed by atoms with E-state index in [4.69, 9.17) is 14.0 Å². The Balaban J connectivity index is 1.63. The molecule has 0 spiro atoms. The minimum atomic E-state index is -3.97. The van der Waals surface area contributed by atoms with Gasteiger partial charge in [0, 0.05) is 36.3 Å². The van der Waals surface area contributed by atoms with Crippen LogP contribution in [0, 0.1) is 0 Å². The van der Waals surface area contributed by atoms with E-state index in [2.05, 4.69) is 4.98 Å². The van der Waals surface area contributed by atoms with Crippen LogP contribution in [0.3, 0.4) is 0 Å². The number of aromatic nitrogens is 2. The van der Waals surface area contributed by atoms with E-state index in [1.807, 2.05) is 72.8 Å². The fourth-order valence-corrected chi connectivity index (χ4v) is 7.26. The molecule has 0 saturated carbocycles. The van der Waals surface area contributed by atoms with Gasteiger partial charge in [0.1, 0.15) is 10.3 Å². The van der Waals surface area contributed by atoms with Crippen LogP contribution in [0.5, 0.6) is 0 Å². The van der Waals surface area contributed by atoms with Crippen molar-refractivity contribution in [3.05, 3.63) is 48.3 Å². The van der Waals surface area contributed by atoms with Crippen LogP contribution in [0.2, 0.25) is 0 Å². The number of rotatable bonds is 4. The molecule has 40 heavy (non-hydrogen) atoms. The van der Waals surface area contributed by atoms with E-state index >= 15 is 0 Å². The highest BCUT2D eigenvalue weighted by molar-refractivity contribution is 7.91. The third-order valence-corrected chi connectivity index (χ3v) is 10.9. The molecule has 2 unspecified atom stereocenters. The van der Waals surface area contributed by atoms with Gasteiger partial charge in [-0.1, -0.05) is 24.3 Å². The van der Waals surface area contributed by atoms with Crippen LogP contribution in [0.4, 0.5) is 4.79 Å². The molecular weight excluding hydrogens is 529 g/mol. The number of carbonyl (C=O) groups is 1. The van der Waals surface area contributed by atoms with Crippen molar-refractivity contribution in [3.8, 4) is 0 Å². The third-order valence-electron chi connectivity index (χ3n) is 8.54. The molecule has 1 amide bonds. The fraction of sp³-hybridized carbons (Fsp3) is 0.586. The molecule has 9 nitrogen and oxygen atoms in total. The molecule has 2 saturated heterocycles. The lowest BCUT2D eigenvalue weighted by Gasteiger charge is -2.32. The molecular formula is C29H40BN3O6S. The van der Waals surface area contributed by atoms with Gasteiger partial charge in [-0.3, -0.25) is 0 Å². The van der Waals surface area contributed by atoms with Crippen LogP contribution in [0.1, 0.15) is 79.8 Å². The number of amides is 1. The number of carbonyl (C=O) groups excluding carboxylic acids is 1. The summed E-state index contributed by atoms with van der Waals surface area (Å²) in [4.78, 5) is 19.1. The van der Waals surface area contributed by atoms with Gasteiger partial charge in [-0.15, -0.1) is 0 Å². The Hall–Kier alpha value is -2.63. The summed E-state index contributed by atoms with van der Waals surface area (Å²) in [5, 5.41) is 0.661. The van der Waals surface area contributed by atoms with Crippen molar-refractivity contribution in [1.82, 2.24) is 13.9 Å². The van der Waals surface area contributed by atoms with Crippen LogP contribution in [-0.4, -0.2) is 70.1 Å². The van der Waals surface area contributed by atoms with Crippen molar-refractivity contribution in [2.24, 2.45) is 0 Å². The van der Waals surface area contributed by atoms with Gasteiger partial charge in [0.05, 0.1) is 11.2 Å². The Morgan fingerprint density at radius 2 is 1.80 bits per heavy atom. The van der Waals surface area contributed by atoms with Gasteiger partial charge in [-0.25, -0.2) is 22.2 Å². The lowest BCUT2D eigenvalue weighted by atomic mass is 9.77. The number of hydrogen-bond donors (Lipinski definition) is 0. The Kier molecular flexibility index (Phi) is 6.83. The monoisotopic (exact) mass is 569 g/mol. The highest BCUT2D eigenvalue weighted by Crippen LogP contribution is 2.40. The van der Waals surface area contributed by atoms with E-state index in [-0.39, 0.29) is 5.92 Å². The van der Waals surface area contributed by atoms with Gasteiger partial charge >= 0.3 is 13.2 Å². The second kappa shape index (κ2) is 9.46. The summed E-state index contributed by atoms with van der Waals surface area (Å²) in [6, 6.07) is 3.73. The standard InChI is InChI=1S/C29H40BN3O6S/c1-26(2,3)37-25(34)32-17-13-20(19-32)23-18-21-22(30-38-27(4,5)28(6,7)39-30)12-16-31-24(21)33(23)40(35,36)29(8)14-10-9-11-15-29/h9-12,14,16,18,20H,13,15,17,19H2,1-8H3. The van der Waals surface area contributed by atoms with E-state index < -0.39 is 44.8 Å². The van der Waals surface area contributed by atoms with Crippen molar-refractivity contribution in [3.63, 3.8) is 0 Å². The quantitative estimate of drug-likeness (QED) is 0.500. The Morgan fingerprint density at radius 3 is 2.40 bits per heavy atom. The minimum Gasteiger partial charge on any atom is -0.444 e. The van der Waals surface area contributed by atoms with Gasteiger partial charge in [0.15, 0.2) is 5.65 Å².